The van der Waals surface area contributed by atoms with Crippen molar-refractivity contribution in [1.82, 2.24) is 20.6 Å². The highest BCUT2D eigenvalue weighted by Crippen LogP contribution is 2.19. The molecule has 0 atom stereocenters. The predicted molar refractivity (Wildman–Crippen MR) is 116 cm³/mol. The summed E-state index contributed by atoms with van der Waals surface area (Å²) in [6.07, 6.45) is 1.26. The molecule has 10 nitrogen and oxygen atoms in total. The molecule has 2 aromatic carbocycles. The highest BCUT2D eigenvalue weighted by Gasteiger charge is 2.21. The van der Waals surface area contributed by atoms with Crippen molar-refractivity contribution in [3.8, 4) is 11.4 Å². The summed E-state index contributed by atoms with van der Waals surface area (Å²) in [5, 5.41) is 14.0. The van der Waals surface area contributed by atoms with Crippen LogP contribution in [0.2, 0.25) is 0 Å². The second kappa shape index (κ2) is 9.01. The number of rotatable bonds is 6. The van der Waals surface area contributed by atoms with Crippen LogP contribution in [0.1, 0.15) is 26.8 Å². The maximum Gasteiger partial charge on any atom is 0.305 e. The molecule has 0 unspecified atom stereocenters. The lowest BCUT2D eigenvalue weighted by molar-refractivity contribution is 0.0826. The molecule has 0 radical (unpaired) electrons. The van der Waals surface area contributed by atoms with Crippen LogP contribution in [0.4, 0.5) is 0 Å². The van der Waals surface area contributed by atoms with Crippen molar-refractivity contribution in [3.05, 3.63) is 96.2 Å². The Bertz CT molecular complexity index is 1400. The molecule has 0 bridgehead atoms. The largest absolute Gasteiger partial charge is 0.504 e. The molecule has 2 amide bonds. The van der Waals surface area contributed by atoms with Gasteiger partial charge in [0.2, 0.25) is 0 Å². The summed E-state index contributed by atoms with van der Waals surface area (Å²) in [5.41, 5.74) is 4.60. The number of sulfone groups is 1. The third-order valence-electron chi connectivity index (χ3n) is 4.54. The van der Waals surface area contributed by atoms with Crippen molar-refractivity contribution >= 4 is 21.7 Å². The fraction of sp³-hybridized carbons (Fsp3) is 0.0455. The van der Waals surface area contributed by atoms with E-state index >= 15 is 0 Å². The van der Waals surface area contributed by atoms with E-state index in [4.69, 9.17) is 4.42 Å². The number of hydrazine groups is 1. The van der Waals surface area contributed by atoms with E-state index in [2.05, 4.69) is 16.0 Å². The number of aromatic nitrogens is 2. The van der Waals surface area contributed by atoms with Gasteiger partial charge < -0.3 is 9.52 Å². The minimum Gasteiger partial charge on any atom is -0.504 e. The van der Waals surface area contributed by atoms with Gasteiger partial charge in [-0.1, -0.05) is 36.4 Å². The third kappa shape index (κ3) is 4.93. The second-order valence-electron chi connectivity index (χ2n) is 6.89. The third-order valence-corrected chi connectivity index (χ3v) is 6.20. The molecule has 4 aromatic rings. The van der Waals surface area contributed by atoms with Gasteiger partial charge in [0.15, 0.2) is 27.0 Å². The number of nitrogens with zero attached hydrogens (tertiary/aromatic N) is 2. The van der Waals surface area contributed by atoms with Crippen LogP contribution < -0.4 is 10.9 Å². The molecule has 168 valence electrons. The van der Waals surface area contributed by atoms with Gasteiger partial charge >= 0.3 is 5.91 Å². The number of nitrogens with one attached hydrogen (secondary N) is 2. The first-order valence-electron chi connectivity index (χ1n) is 9.65. The monoisotopic (exact) mass is 466 g/mol. The average Bonchev–Trinajstić information content (AvgIpc) is 3.45. The van der Waals surface area contributed by atoms with E-state index in [9.17, 15) is 23.1 Å². The summed E-state index contributed by atoms with van der Waals surface area (Å²) in [6.45, 7) is 0. The molecule has 2 aromatic heterocycles. The molecule has 0 saturated heterocycles. The first-order valence-corrected chi connectivity index (χ1v) is 11.3. The van der Waals surface area contributed by atoms with Crippen molar-refractivity contribution in [2.75, 3.05) is 0 Å². The van der Waals surface area contributed by atoms with E-state index in [1.165, 1.54) is 35.1 Å². The molecule has 0 aliphatic heterocycles. The molecule has 2 heterocycles. The second-order valence-corrected chi connectivity index (χ2v) is 8.88. The van der Waals surface area contributed by atoms with Gasteiger partial charge in [0.25, 0.3) is 5.91 Å². The van der Waals surface area contributed by atoms with Gasteiger partial charge in [-0.3, -0.25) is 20.4 Å². The molecule has 0 fully saturated rings. The standard InChI is InChI=1S/C22H18N4O6S/c27-18-13-26(15-7-3-1-4-8-15)25-20(18)22(29)24-23-21(28)19-12-11-16(32-19)14-33(30,31)17-9-5-2-6-10-17/h1-13,27H,14H2,(H,23,28)(H,24,29). The molecule has 3 N–H and O–H groups in total. The van der Waals surface area contributed by atoms with Crippen molar-refractivity contribution in [2.24, 2.45) is 0 Å². The maximum absolute atomic E-state index is 12.4. The number of hydrogen-bond acceptors (Lipinski definition) is 7. The van der Waals surface area contributed by atoms with Gasteiger partial charge in [-0.2, -0.15) is 5.10 Å². The van der Waals surface area contributed by atoms with E-state index in [0.717, 1.165) is 0 Å². The van der Waals surface area contributed by atoms with Crippen LogP contribution in [0.25, 0.3) is 5.69 Å². The average molecular weight is 466 g/mol. The zero-order valence-electron chi connectivity index (χ0n) is 17.0. The number of aromatic hydroxyl groups is 1. The summed E-state index contributed by atoms with van der Waals surface area (Å²) in [7, 11) is -3.65. The predicted octanol–water partition coefficient (Wildman–Crippen LogP) is 2.22. The van der Waals surface area contributed by atoms with Gasteiger partial charge in [0.05, 0.1) is 16.8 Å². The Morgan fingerprint density at radius 1 is 0.909 bits per heavy atom. The van der Waals surface area contributed by atoms with Crippen molar-refractivity contribution in [3.63, 3.8) is 0 Å². The molecule has 0 saturated carbocycles. The summed E-state index contributed by atoms with van der Waals surface area (Å²) in [6, 6.07) is 19.4. The van der Waals surface area contributed by atoms with Crippen LogP contribution in [0.5, 0.6) is 5.75 Å². The quantitative estimate of drug-likeness (QED) is 0.370. The topological polar surface area (TPSA) is 144 Å². The minimum absolute atomic E-state index is 0.0644. The number of carbonyl (C=O) groups is 2. The zero-order valence-corrected chi connectivity index (χ0v) is 17.8. The Morgan fingerprint density at radius 2 is 1.55 bits per heavy atom. The van der Waals surface area contributed by atoms with Gasteiger partial charge in [-0.15, -0.1) is 0 Å². The number of amides is 2. The number of benzene rings is 2. The smallest absolute Gasteiger partial charge is 0.305 e. The molecule has 11 heteroatoms. The van der Waals surface area contributed by atoms with E-state index in [1.807, 2.05) is 6.07 Å². The molecule has 0 spiro atoms. The lowest BCUT2D eigenvalue weighted by atomic mass is 10.3. The summed E-state index contributed by atoms with van der Waals surface area (Å²) in [5.74, 6) is -2.61. The zero-order chi connectivity index (χ0) is 23.4. The fourth-order valence-electron chi connectivity index (χ4n) is 2.95. The Balaban J connectivity index is 1.38. The molecular formula is C22H18N4O6S. The molecular weight excluding hydrogens is 448 g/mol. The Hall–Kier alpha value is -4.38. The molecule has 0 aliphatic rings. The van der Waals surface area contributed by atoms with Gasteiger partial charge in [0.1, 0.15) is 11.5 Å². The molecule has 0 aliphatic carbocycles. The van der Waals surface area contributed by atoms with Crippen LogP contribution >= 0.6 is 0 Å². The molecule has 4 rings (SSSR count). The van der Waals surface area contributed by atoms with Gasteiger partial charge in [-0.25, -0.2) is 13.1 Å². The first kappa shape index (κ1) is 21.8. The number of furan rings is 1. The first-order chi connectivity index (χ1) is 15.8. The van der Waals surface area contributed by atoms with Crippen LogP contribution in [-0.2, 0) is 15.6 Å². The van der Waals surface area contributed by atoms with E-state index in [-0.39, 0.29) is 27.9 Å². The van der Waals surface area contributed by atoms with E-state index < -0.39 is 27.4 Å². The van der Waals surface area contributed by atoms with Crippen molar-refractivity contribution < 1.29 is 27.5 Å². The number of para-hydroxylation sites is 1. The highest BCUT2D eigenvalue weighted by molar-refractivity contribution is 7.90. The van der Waals surface area contributed by atoms with Gasteiger partial charge in [0, 0.05) is 0 Å². The summed E-state index contributed by atoms with van der Waals surface area (Å²) in [4.78, 5) is 24.7. The Labute approximate surface area is 188 Å². The highest BCUT2D eigenvalue weighted by atomic mass is 32.2. The SMILES string of the molecule is O=C(NNC(=O)c1nn(-c2ccccc2)cc1O)c1ccc(CS(=O)(=O)c2ccccc2)o1. The minimum atomic E-state index is -3.65. The van der Waals surface area contributed by atoms with Crippen LogP contribution in [0.15, 0.2) is 88.3 Å². The normalized spacial score (nSPS) is 11.2. The van der Waals surface area contributed by atoms with Crippen molar-refractivity contribution in [1.29, 1.82) is 0 Å². The Morgan fingerprint density at radius 3 is 2.24 bits per heavy atom. The summed E-state index contributed by atoms with van der Waals surface area (Å²) >= 11 is 0. The number of hydrogen-bond donors (Lipinski definition) is 3. The van der Waals surface area contributed by atoms with Crippen LogP contribution in [0.3, 0.4) is 0 Å². The lowest BCUT2D eigenvalue weighted by Gasteiger charge is -2.05. The Kier molecular flexibility index (Phi) is 5.96. The van der Waals surface area contributed by atoms with E-state index in [0.29, 0.717) is 5.69 Å². The number of carbonyl (C=O) groups excluding carboxylic acids is 2. The summed E-state index contributed by atoms with van der Waals surface area (Å²) < 4.78 is 31.5. The maximum atomic E-state index is 12.4. The van der Waals surface area contributed by atoms with Crippen molar-refractivity contribution in [2.45, 2.75) is 10.6 Å². The van der Waals surface area contributed by atoms with Gasteiger partial charge in [-0.05, 0) is 36.4 Å². The lowest BCUT2D eigenvalue weighted by Crippen LogP contribution is -2.41. The fourth-order valence-corrected chi connectivity index (χ4v) is 4.22. The van der Waals surface area contributed by atoms with E-state index in [1.54, 1.807) is 42.5 Å². The molecule has 33 heavy (non-hydrogen) atoms. The van der Waals surface area contributed by atoms with Crippen LogP contribution in [-0.4, -0.2) is 35.1 Å². The van der Waals surface area contributed by atoms with Crippen LogP contribution in [0, 0.1) is 0 Å².